The van der Waals surface area contributed by atoms with Gasteiger partial charge in [0.15, 0.2) is 0 Å². The molecular formula is C12H15FN2O. The molecule has 86 valence electrons. The molecule has 16 heavy (non-hydrogen) atoms. The maximum atomic E-state index is 13.4. The molecule has 0 spiro atoms. The second-order valence-corrected chi connectivity index (χ2v) is 3.94. The SMILES string of the molecule is CNC(=O)c1cc(N2CCCC2)ccc1F. The molecule has 1 aliphatic heterocycles. The van der Waals surface area contributed by atoms with E-state index in [1.165, 1.54) is 13.1 Å². The molecule has 0 aromatic heterocycles. The van der Waals surface area contributed by atoms with Gasteiger partial charge in [-0.3, -0.25) is 4.79 Å². The molecule has 1 N–H and O–H groups in total. The van der Waals surface area contributed by atoms with Crippen molar-refractivity contribution in [1.29, 1.82) is 0 Å². The maximum Gasteiger partial charge on any atom is 0.254 e. The zero-order valence-electron chi connectivity index (χ0n) is 9.29. The first-order valence-corrected chi connectivity index (χ1v) is 5.49. The predicted molar refractivity (Wildman–Crippen MR) is 61.2 cm³/mol. The highest BCUT2D eigenvalue weighted by Gasteiger charge is 2.16. The second kappa shape index (κ2) is 4.51. The first-order chi connectivity index (χ1) is 7.72. The Hall–Kier alpha value is -1.58. The Morgan fingerprint density at radius 1 is 1.38 bits per heavy atom. The van der Waals surface area contributed by atoms with Gasteiger partial charge >= 0.3 is 0 Å². The van der Waals surface area contributed by atoms with Crippen molar-refractivity contribution < 1.29 is 9.18 Å². The highest BCUT2D eigenvalue weighted by atomic mass is 19.1. The average Bonchev–Trinajstić information content (AvgIpc) is 2.82. The standard InChI is InChI=1S/C12H15FN2O/c1-14-12(16)10-8-9(4-5-11(10)13)15-6-2-3-7-15/h4-5,8H,2-3,6-7H2,1H3,(H,14,16). The molecule has 0 aliphatic carbocycles. The minimum absolute atomic E-state index is 0.118. The van der Waals surface area contributed by atoms with Crippen LogP contribution in [0.5, 0.6) is 0 Å². The zero-order valence-corrected chi connectivity index (χ0v) is 9.29. The molecule has 2 rings (SSSR count). The Bertz CT molecular complexity index is 400. The molecule has 0 unspecified atom stereocenters. The molecule has 1 saturated heterocycles. The van der Waals surface area contributed by atoms with Crippen molar-refractivity contribution in [2.24, 2.45) is 0 Å². The number of nitrogens with one attached hydrogen (secondary N) is 1. The summed E-state index contributed by atoms with van der Waals surface area (Å²) in [5.41, 5.74) is 1.05. The van der Waals surface area contributed by atoms with Crippen molar-refractivity contribution in [3.63, 3.8) is 0 Å². The van der Waals surface area contributed by atoms with E-state index in [0.29, 0.717) is 0 Å². The van der Waals surface area contributed by atoms with Gasteiger partial charge in [-0.15, -0.1) is 0 Å². The van der Waals surface area contributed by atoms with Gasteiger partial charge in [0, 0.05) is 25.8 Å². The van der Waals surface area contributed by atoms with E-state index in [4.69, 9.17) is 0 Å². The quantitative estimate of drug-likeness (QED) is 0.827. The van der Waals surface area contributed by atoms with E-state index < -0.39 is 5.82 Å². The van der Waals surface area contributed by atoms with E-state index in [1.54, 1.807) is 12.1 Å². The van der Waals surface area contributed by atoms with Gasteiger partial charge in [0.1, 0.15) is 5.82 Å². The van der Waals surface area contributed by atoms with Gasteiger partial charge in [0.2, 0.25) is 0 Å². The van der Waals surface area contributed by atoms with Crippen LogP contribution in [0, 0.1) is 5.82 Å². The maximum absolute atomic E-state index is 13.4. The van der Waals surface area contributed by atoms with Crippen LogP contribution < -0.4 is 10.2 Å². The molecule has 0 bridgehead atoms. The summed E-state index contributed by atoms with van der Waals surface area (Å²) >= 11 is 0. The van der Waals surface area contributed by atoms with E-state index in [-0.39, 0.29) is 11.5 Å². The number of nitrogens with zero attached hydrogens (tertiary/aromatic N) is 1. The lowest BCUT2D eigenvalue weighted by molar-refractivity contribution is 0.0959. The summed E-state index contributed by atoms with van der Waals surface area (Å²) in [5, 5.41) is 2.44. The van der Waals surface area contributed by atoms with Crippen molar-refractivity contribution in [3.05, 3.63) is 29.6 Å². The Labute approximate surface area is 94.3 Å². The molecule has 1 fully saturated rings. The van der Waals surface area contributed by atoms with Crippen LogP contribution in [-0.2, 0) is 0 Å². The van der Waals surface area contributed by atoms with Gasteiger partial charge in [0.25, 0.3) is 5.91 Å². The van der Waals surface area contributed by atoms with E-state index >= 15 is 0 Å². The summed E-state index contributed by atoms with van der Waals surface area (Å²) in [4.78, 5) is 13.6. The highest BCUT2D eigenvalue weighted by molar-refractivity contribution is 5.95. The fourth-order valence-corrected chi connectivity index (χ4v) is 1.99. The number of rotatable bonds is 2. The van der Waals surface area contributed by atoms with E-state index in [0.717, 1.165) is 31.6 Å². The summed E-state index contributed by atoms with van der Waals surface area (Å²) in [6.07, 6.45) is 2.32. The van der Waals surface area contributed by atoms with E-state index in [2.05, 4.69) is 10.2 Å². The van der Waals surface area contributed by atoms with Gasteiger partial charge in [-0.25, -0.2) is 4.39 Å². The van der Waals surface area contributed by atoms with Crippen LogP contribution in [0.25, 0.3) is 0 Å². The van der Waals surface area contributed by atoms with Crippen molar-refractivity contribution >= 4 is 11.6 Å². The molecule has 1 aromatic carbocycles. The predicted octanol–water partition coefficient (Wildman–Crippen LogP) is 1.79. The van der Waals surface area contributed by atoms with Gasteiger partial charge in [-0.05, 0) is 31.0 Å². The van der Waals surface area contributed by atoms with Gasteiger partial charge in [-0.1, -0.05) is 0 Å². The molecule has 1 amide bonds. The second-order valence-electron chi connectivity index (χ2n) is 3.94. The number of hydrogen-bond acceptors (Lipinski definition) is 2. The third-order valence-electron chi connectivity index (χ3n) is 2.89. The molecule has 0 saturated carbocycles. The number of carbonyl (C=O) groups excluding carboxylic acids is 1. The third kappa shape index (κ3) is 2.01. The van der Waals surface area contributed by atoms with Crippen LogP contribution in [0.3, 0.4) is 0 Å². The van der Waals surface area contributed by atoms with E-state index in [1.807, 2.05) is 0 Å². The van der Waals surface area contributed by atoms with Crippen LogP contribution in [0.15, 0.2) is 18.2 Å². The van der Waals surface area contributed by atoms with Crippen LogP contribution in [0.2, 0.25) is 0 Å². The first-order valence-electron chi connectivity index (χ1n) is 5.49. The summed E-state index contributed by atoms with van der Waals surface area (Å²) in [5.74, 6) is -0.846. The number of benzene rings is 1. The summed E-state index contributed by atoms with van der Waals surface area (Å²) < 4.78 is 13.4. The fraction of sp³-hybridized carbons (Fsp3) is 0.417. The Kier molecular flexibility index (Phi) is 3.08. The molecule has 3 nitrogen and oxygen atoms in total. The van der Waals surface area contributed by atoms with Crippen LogP contribution in [-0.4, -0.2) is 26.0 Å². The largest absolute Gasteiger partial charge is 0.372 e. The van der Waals surface area contributed by atoms with Crippen LogP contribution in [0.4, 0.5) is 10.1 Å². The lowest BCUT2D eigenvalue weighted by atomic mass is 10.1. The first kappa shape index (κ1) is 10.9. The van der Waals surface area contributed by atoms with E-state index in [9.17, 15) is 9.18 Å². The Morgan fingerprint density at radius 3 is 2.69 bits per heavy atom. The molecule has 0 radical (unpaired) electrons. The molecule has 0 atom stereocenters. The fourth-order valence-electron chi connectivity index (χ4n) is 1.99. The average molecular weight is 222 g/mol. The van der Waals surface area contributed by atoms with Crippen molar-refractivity contribution in [2.45, 2.75) is 12.8 Å². The minimum atomic E-state index is -0.470. The normalized spacial score (nSPS) is 15.2. The van der Waals surface area contributed by atoms with Crippen molar-refractivity contribution in [3.8, 4) is 0 Å². The zero-order chi connectivity index (χ0) is 11.5. The molecular weight excluding hydrogens is 207 g/mol. The topological polar surface area (TPSA) is 32.3 Å². The third-order valence-corrected chi connectivity index (χ3v) is 2.89. The lowest BCUT2D eigenvalue weighted by Crippen LogP contribution is -2.22. The highest BCUT2D eigenvalue weighted by Crippen LogP contribution is 2.22. The number of halogens is 1. The number of anilines is 1. The van der Waals surface area contributed by atoms with Gasteiger partial charge in [0.05, 0.1) is 5.56 Å². The summed E-state index contributed by atoms with van der Waals surface area (Å²) in [7, 11) is 1.50. The Morgan fingerprint density at radius 2 is 2.06 bits per heavy atom. The smallest absolute Gasteiger partial charge is 0.254 e. The molecule has 1 aromatic rings. The van der Waals surface area contributed by atoms with Crippen molar-refractivity contribution in [2.75, 3.05) is 25.0 Å². The number of carbonyl (C=O) groups is 1. The van der Waals surface area contributed by atoms with Crippen LogP contribution >= 0.6 is 0 Å². The summed E-state index contributed by atoms with van der Waals surface area (Å²) in [6.45, 7) is 1.97. The van der Waals surface area contributed by atoms with Gasteiger partial charge in [-0.2, -0.15) is 0 Å². The Balaban J connectivity index is 2.30. The number of hydrogen-bond donors (Lipinski definition) is 1. The molecule has 4 heteroatoms. The minimum Gasteiger partial charge on any atom is -0.372 e. The van der Waals surface area contributed by atoms with Crippen LogP contribution in [0.1, 0.15) is 23.2 Å². The summed E-state index contributed by atoms with van der Waals surface area (Å²) in [6, 6.07) is 4.71. The van der Waals surface area contributed by atoms with Crippen molar-refractivity contribution in [1.82, 2.24) is 5.32 Å². The monoisotopic (exact) mass is 222 g/mol. The molecule has 1 aliphatic rings. The molecule has 1 heterocycles. The lowest BCUT2D eigenvalue weighted by Gasteiger charge is -2.18. The number of amides is 1. The van der Waals surface area contributed by atoms with Gasteiger partial charge < -0.3 is 10.2 Å².